The molecule has 1 heterocycles. The van der Waals surface area contributed by atoms with Gasteiger partial charge in [-0.25, -0.2) is 9.36 Å². The van der Waals surface area contributed by atoms with E-state index >= 15 is 0 Å². The monoisotopic (exact) mass is 363 g/mol. The highest BCUT2D eigenvalue weighted by molar-refractivity contribution is 7.54. The van der Waals surface area contributed by atoms with E-state index in [-0.39, 0.29) is 24.6 Å². The molecule has 0 aromatic carbocycles. The maximum absolute atomic E-state index is 11.3. The summed E-state index contributed by atoms with van der Waals surface area (Å²) in [4.78, 5) is 40.0. The zero-order chi connectivity index (χ0) is 18.5. The lowest BCUT2D eigenvalue weighted by Crippen LogP contribution is -2.45. The molecule has 0 fully saturated rings. The van der Waals surface area contributed by atoms with Crippen LogP contribution >= 0.6 is 7.60 Å². The Kier molecular flexibility index (Phi) is 6.58. The quantitative estimate of drug-likeness (QED) is 0.227. The topological polar surface area (TPSA) is 168 Å². The van der Waals surface area contributed by atoms with E-state index in [1.54, 1.807) is 0 Å². The average Bonchev–Trinajstić information content (AvgIpc) is 2.44. The first-order chi connectivity index (χ1) is 11.0. The fourth-order valence-corrected chi connectivity index (χ4v) is 2.59. The van der Waals surface area contributed by atoms with Crippen LogP contribution in [0.1, 0.15) is 12.5 Å². The summed E-state index contributed by atoms with van der Waals surface area (Å²) in [6, 6.07) is 2.86. The smallest absolute Gasteiger partial charge is 0.368 e. The highest BCUT2D eigenvalue weighted by Crippen LogP contribution is 2.50. The van der Waals surface area contributed by atoms with Gasteiger partial charge in [-0.05, 0) is 6.07 Å². The van der Waals surface area contributed by atoms with Gasteiger partial charge in [0.25, 0.3) is 5.34 Å². The van der Waals surface area contributed by atoms with Crippen molar-refractivity contribution in [2.24, 2.45) is 0 Å². The van der Waals surface area contributed by atoms with E-state index in [2.05, 4.69) is 5.32 Å². The maximum atomic E-state index is 11.3. The van der Waals surface area contributed by atoms with Crippen LogP contribution < -0.4 is 9.88 Å². The summed E-state index contributed by atoms with van der Waals surface area (Å²) in [6.07, 6.45) is 1.16. The molecule has 0 saturated heterocycles. The number of carboxylic acids is 1. The highest BCUT2D eigenvalue weighted by Gasteiger charge is 2.53. The molecule has 10 nitrogen and oxygen atoms in total. The number of aliphatic hydroxyl groups is 2. The number of aromatic nitrogens is 1. The van der Waals surface area contributed by atoms with Crippen LogP contribution in [0.25, 0.3) is 0 Å². The van der Waals surface area contributed by atoms with E-state index in [1.165, 1.54) is 36.0 Å². The maximum Gasteiger partial charge on any atom is 0.368 e. The van der Waals surface area contributed by atoms with Gasteiger partial charge in [0.05, 0.1) is 0 Å². The van der Waals surface area contributed by atoms with Gasteiger partial charge in [-0.3, -0.25) is 9.36 Å². The van der Waals surface area contributed by atoms with Gasteiger partial charge in [0, 0.05) is 31.5 Å². The Hall–Kier alpha value is -1.84. The molecule has 0 bridgehead atoms. The Bertz CT molecular complexity index is 661. The number of carboxylic acid groups (broad SMARTS) is 1. The van der Waals surface area contributed by atoms with Crippen molar-refractivity contribution in [1.82, 2.24) is 5.32 Å². The van der Waals surface area contributed by atoms with Crippen molar-refractivity contribution in [2.45, 2.75) is 31.3 Å². The normalized spacial score (nSPS) is 15.4. The molecule has 0 saturated carbocycles. The van der Waals surface area contributed by atoms with Crippen LogP contribution in [0.15, 0.2) is 24.5 Å². The number of amides is 1. The Morgan fingerprint density at radius 1 is 1.42 bits per heavy atom. The average molecular weight is 363 g/mol. The second-order valence-electron chi connectivity index (χ2n) is 5.34. The molecule has 6 N–H and O–H groups in total. The number of carbonyl (C=O) groups excluding carboxylic acids is 1. The summed E-state index contributed by atoms with van der Waals surface area (Å²) >= 11 is 0. The fourth-order valence-electron chi connectivity index (χ4n) is 1.95. The third-order valence-electron chi connectivity index (χ3n) is 3.20. The van der Waals surface area contributed by atoms with Crippen LogP contribution in [0, 0.1) is 0 Å². The Labute approximate surface area is 137 Å². The van der Waals surface area contributed by atoms with Gasteiger partial charge < -0.3 is 30.4 Å². The minimum atomic E-state index is -5.32. The molecular weight excluding hydrogens is 343 g/mol. The molecule has 2 unspecified atom stereocenters. The molecule has 1 aromatic heterocycles. The van der Waals surface area contributed by atoms with Crippen molar-refractivity contribution in [3.8, 4) is 0 Å². The van der Waals surface area contributed by atoms with Crippen LogP contribution in [0.3, 0.4) is 0 Å². The Balaban J connectivity index is 2.90. The first-order valence-electron chi connectivity index (χ1n) is 6.87. The minimum absolute atomic E-state index is 0.00804. The van der Waals surface area contributed by atoms with Crippen molar-refractivity contribution in [1.29, 1.82) is 0 Å². The predicted molar refractivity (Wildman–Crippen MR) is 79.7 cm³/mol. The molecule has 0 radical (unpaired) electrons. The van der Waals surface area contributed by atoms with Crippen LogP contribution in [0.5, 0.6) is 0 Å². The summed E-state index contributed by atoms with van der Waals surface area (Å²) in [5.74, 6) is -2.34. The van der Waals surface area contributed by atoms with Crippen molar-refractivity contribution >= 4 is 19.5 Å². The summed E-state index contributed by atoms with van der Waals surface area (Å²) in [6.45, 7) is 1.36. The number of nitrogens with zero attached hydrogens (tertiary/aromatic N) is 1. The number of pyridine rings is 1. The summed E-state index contributed by atoms with van der Waals surface area (Å²) < 4.78 is 12.7. The Morgan fingerprint density at radius 2 is 2.04 bits per heavy atom. The van der Waals surface area contributed by atoms with Gasteiger partial charge in [0.2, 0.25) is 5.91 Å². The predicted octanol–water partition coefficient (Wildman–Crippen LogP) is -2.04. The third kappa shape index (κ3) is 5.36. The molecule has 24 heavy (non-hydrogen) atoms. The SMILES string of the molecule is CC(=O)NCC(O)C[n+]1cccc(CC(O)(C(=O)O)P(=O)(O)O)c1. The van der Waals surface area contributed by atoms with Crippen molar-refractivity contribution in [3.63, 3.8) is 0 Å². The van der Waals surface area contributed by atoms with Crippen molar-refractivity contribution < 1.29 is 43.8 Å². The van der Waals surface area contributed by atoms with Crippen LogP contribution in [0.4, 0.5) is 0 Å². The second-order valence-corrected chi connectivity index (χ2v) is 7.17. The number of hydrogen-bond donors (Lipinski definition) is 6. The molecule has 1 rings (SSSR count). The van der Waals surface area contributed by atoms with Gasteiger partial charge in [0.15, 0.2) is 18.9 Å². The third-order valence-corrected chi connectivity index (χ3v) is 4.52. The lowest BCUT2D eigenvalue weighted by atomic mass is 10.1. The van der Waals surface area contributed by atoms with Crippen molar-refractivity contribution in [3.05, 3.63) is 30.1 Å². The number of hydrogen-bond acceptors (Lipinski definition) is 5. The van der Waals surface area contributed by atoms with Gasteiger partial charge in [0.1, 0.15) is 6.10 Å². The molecule has 2 atom stereocenters. The van der Waals surface area contributed by atoms with Crippen molar-refractivity contribution in [2.75, 3.05) is 6.54 Å². The standard InChI is InChI=1S/C13H19N2O8P/c1-9(16)14-6-11(17)8-15-4-2-3-10(7-15)5-13(20,12(18)19)24(21,22)23/h2-4,7,11,17,20H,5-6,8H2,1H3,(H3-,14,16,18,19,21,22,23)/p+1. The number of aliphatic carboxylic acids is 1. The van der Waals surface area contributed by atoms with E-state index in [4.69, 9.17) is 14.9 Å². The van der Waals surface area contributed by atoms with Crippen LogP contribution in [-0.4, -0.2) is 55.0 Å². The minimum Gasteiger partial charge on any atom is -0.479 e. The largest absolute Gasteiger partial charge is 0.479 e. The van der Waals surface area contributed by atoms with Crippen LogP contribution in [-0.2, 0) is 27.1 Å². The number of carbonyl (C=O) groups is 2. The zero-order valence-electron chi connectivity index (χ0n) is 12.9. The first-order valence-corrected chi connectivity index (χ1v) is 8.49. The van der Waals surface area contributed by atoms with Gasteiger partial charge in [-0.1, -0.05) is 0 Å². The summed E-state index contributed by atoms with van der Waals surface area (Å²) in [5, 5.41) is 27.7. The molecule has 0 spiro atoms. The second kappa shape index (κ2) is 7.82. The number of rotatable bonds is 8. The summed E-state index contributed by atoms with van der Waals surface area (Å²) in [5.41, 5.74) is 0.150. The molecule has 0 aliphatic carbocycles. The highest BCUT2D eigenvalue weighted by atomic mass is 31.2. The van der Waals surface area contributed by atoms with E-state index in [9.17, 15) is 24.4 Å². The lowest BCUT2D eigenvalue weighted by Gasteiger charge is -2.23. The molecule has 1 amide bonds. The first kappa shape index (κ1) is 20.2. The number of nitrogens with one attached hydrogen (secondary N) is 1. The summed E-state index contributed by atoms with van der Waals surface area (Å²) in [7, 11) is -5.32. The number of aliphatic hydroxyl groups excluding tert-OH is 1. The van der Waals surface area contributed by atoms with E-state index in [0.717, 1.165) is 0 Å². The van der Waals surface area contributed by atoms with Crippen LogP contribution in [0.2, 0.25) is 0 Å². The zero-order valence-corrected chi connectivity index (χ0v) is 13.8. The van der Waals surface area contributed by atoms with E-state index in [0.29, 0.717) is 0 Å². The van der Waals surface area contributed by atoms with E-state index < -0.39 is 31.4 Å². The molecule has 0 aliphatic heterocycles. The lowest BCUT2D eigenvalue weighted by molar-refractivity contribution is -0.703. The fraction of sp³-hybridized carbons (Fsp3) is 0.462. The molecule has 11 heteroatoms. The Morgan fingerprint density at radius 3 is 2.54 bits per heavy atom. The van der Waals surface area contributed by atoms with Gasteiger partial charge >= 0.3 is 13.6 Å². The van der Waals surface area contributed by atoms with Gasteiger partial charge in [-0.15, -0.1) is 0 Å². The molecule has 0 aliphatic rings. The van der Waals surface area contributed by atoms with Gasteiger partial charge in [-0.2, -0.15) is 0 Å². The molecule has 1 aromatic rings. The molecule has 134 valence electrons. The van der Waals surface area contributed by atoms with E-state index in [1.807, 2.05) is 0 Å². The molecular formula is C13H20N2O8P+.